The van der Waals surface area contributed by atoms with Crippen molar-refractivity contribution in [3.05, 3.63) is 49.6 Å². The molecule has 1 N–H and O–H groups in total. The first-order chi connectivity index (χ1) is 18.2. The topological polar surface area (TPSA) is 99.6 Å². The van der Waals surface area contributed by atoms with Gasteiger partial charge in [-0.1, -0.05) is 18.7 Å². The number of ether oxygens (including phenoxy) is 2. The van der Waals surface area contributed by atoms with Crippen LogP contribution in [0, 0.1) is 11.8 Å². The number of nitrogens with zero attached hydrogens (tertiary/aromatic N) is 3. The van der Waals surface area contributed by atoms with Gasteiger partial charge in [-0.3, -0.25) is 14.4 Å². The second-order valence-corrected chi connectivity index (χ2v) is 10.3. The van der Waals surface area contributed by atoms with Crippen molar-refractivity contribution in [2.24, 2.45) is 11.8 Å². The fraction of sp³-hybridized carbons (Fsp3) is 0.552. The molecule has 3 saturated heterocycles. The van der Waals surface area contributed by atoms with Crippen LogP contribution in [0.5, 0.6) is 0 Å². The van der Waals surface area contributed by atoms with E-state index in [-0.39, 0.29) is 38.1 Å². The number of anilines is 2. The molecule has 0 aliphatic carbocycles. The van der Waals surface area contributed by atoms with Crippen LogP contribution in [0.25, 0.3) is 0 Å². The van der Waals surface area contributed by atoms with Crippen LogP contribution in [0.3, 0.4) is 0 Å². The molecule has 9 heteroatoms. The zero-order valence-corrected chi connectivity index (χ0v) is 22.6. The number of fused-ring (bicyclic) bond motifs is 1. The van der Waals surface area contributed by atoms with E-state index in [1.165, 1.54) is 11.0 Å². The van der Waals surface area contributed by atoms with Gasteiger partial charge in [-0.2, -0.15) is 0 Å². The lowest BCUT2D eigenvalue weighted by atomic mass is 9.66. The standard InChI is InChI=1S/C29H39N3O6/c1-6-16-31(21-12-10-20(11-13-21)30(8-3)9-4)26(35)24-29-15-14-28(5,38-29)23(27(36)37-19-7-2)22(29)25(34)32(24)17-18-33/h6-7,10-13,22-24,33H,1-2,8-9,14-19H2,3-5H3/t22-,23-,24?,28+,29?/m0/s1. The molecule has 2 bridgehead atoms. The van der Waals surface area contributed by atoms with Crippen LogP contribution in [0.2, 0.25) is 0 Å². The van der Waals surface area contributed by atoms with Gasteiger partial charge in [-0.15, -0.1) is 6.58 Å². The quantitative estimate of drug-likeness (QED) is 0.331. The number of carbonyl (C=O) groups excluding carboxylic acids is 3. The summed E-state index contributed by atoms with van der Waals surface area (Å²) < 4.78 is 11.9. The van der Waals surface area contributed by atoms with E-state index in [2.05, 4.69) is 31.9 Å². The number of rotatable bonds is 12. The molecule has 2 amide bonds. The molecule has 3 aliphatic heterocycles. The van der Waals surface area contributed by atoms with Crippen LogP contribution >= 0.6 is 0 Å². The molecule has 3 heterocycles. The molecule has 9 nitrogen and oxygen atoms in total. The largest absolute Gasteiger partial charge is 0.461 e. The maximum Gasteiger partial charge on any atom is 0.313 e. The predicted molar refractivity (Wildman–Crippen MR) is 145 cm³/mol. The highest BCUT2D eigenvalue weighted by Gasteiger charge is 2.78. The minimum Gasteiger partial charge on any atom is -0.461 e. The average Bonchev–Trinajstić information content (AvgIpc) is 3.48. The molecule has 3 aliphatic rings. The van der Waals surface area contributed by atoms with E-state index in [1.807, 2.05) is 31.2 Å². The highest BCUT2D eigenvalue weighted by atomic mass is 16.6. The Morgan fingerprint density at radius 2 is 1.82 bits per heavy atom. The second-order valence-electron chi connectivity index (χ2n) is 10.3. The minimum atomic E-state index is -1.18. The molecule has 3 fully saturated rings. The third-order valence-corrected chi connectivity index (χ3v) is 8.32. The molecule has 0 saturated carbocycles. The van der Waals surface area contributed by atoms with Gasteiger partial charge in [0.25, 0.3) is 5.91 Å². The van der Waals surface area contributed by atoms with E-state index in [0.717, 1.165) is 18.8 Å². The number of aliphatic hydroxyl groups is 1. The number of carbonyl (C=O) groups is 3. The number of hydrogen-bond donors (Lipinski definition) is 1. The lowest BCUT2D eigenvalue weighted by Crippen LogP contribution is -2.56. The summed E-state index contributed by atoms with van der Waals surface area (Å²) in [5.74, 6) is -2.93. The monoisotopic (exact) mass is 525 g/mol. The summed E-state index contributed by atoms with van der Waals surface area (Å²) in [4.78, 5) is 46.5. The first-order valence-electron chi connectivity index (χ1n) is 13.4. The Kier molecular flexibility index (Phi) is 7.99. The van der Waals surface area contributed by atoms with Crippen molar-refractivity contribution in [3.8, 4) is 0 Å². The summed E-state index contributed by atoms with van der Waals surface area (Å²) in [6, 6.07) is 6.74. The van der Waals surface area contributed by atoms with E-state index in [0.29, 0.717) is 18.5 Å². The maximum absolute atomic E-state index is 14.4. The van der Waals surface area contributed by atoms with Gasteiger partial charge in [0.2, 0.25) is 5.91 Å². The summed E-state index contributed by atoms with van der Waals surface area (Å²) >= 11 is 0. The van der Waals surface area contributed by atoms with Crippen molar-refractivity contribution in [2.45, 2.75) is 50.9 Å². The Balaban J connectivity index is 1.73. The van der Waals surface area contributed by atoms with Crippen molar-refractivity contribution in [1.29, 1.82) is 0 Å². The Hall–Kier alpha value is -3.17. The van der Waals surface area contributed by atoms with Gasteiger partial charge in [-0.05, 0) is 57.9 Å². The summed E-state index contributed by atoms with van der Waals surface area (Å²) in [7, 11) is 0. The first-order valence-corrected chi connectivity index (χ1v) is 13.4. The lowest BCUT2D eigenvalue weighted by molar-refractivity contribution is -0.158. The number of likely N-dealkylation sites (tertiary alicyclic amines) is 1. The molecular weight excluding hydrogens is 486 g/mol. The number of hydrogen-bond acceptors (Lipinski definition) is 7. The maximum atomic E-state index is 14.4. The third kappa shape index (κ3) is 4.31. The van der Waals surface area contributed by atoms with Crippen LogP contribution in [0.4, 0.5) is 11.4 Å². The van der Waals surface area contributed by atoms with E-state index >= 15 is 0 Å². The first kappa shape index (κ1) is 27.9. The van der Waals surface area contributed by atoms with E-state index in [1.54, 1.807) is 11.0 Å². The highest BCUT2D eigenvalue weighted by Crippen LogP contribution is 2.63. The molecule has 1 aromatic carbocycles. The molecule has 1 aromatic rings. The zero-order chi connectivity index (χ0) is 27.7. The summed E-state index contributed by atoms with van der Waals surface area (Å²) in [6.45, 7) is 15.1. The van der Waals surface area contributed by atoms with Gasteiger partial charge in [0.05, 0.1) is 18.1 Å². The van der Waals surface area contributed by atoms with Crippen molar-refractivity contribution in [3.63, 3.8) is 0 Å². The van der Waals surface area contributed by atoms with Gasteiger partial charge in [0.1, 0.15) is 24.2 Å². The van der Waals surface area contributed by atoms with Crippen LogP contribution in [0.1, 0.15) is 33.6 Å². The number of esters is 1. The van der Waals surface area contributed by atoms with Gasteiger partial charge < -0.3 is 29.3 Å². The summed E-state index contributed by atoms with van der Waals surface area (Å²) in [6.07, 6.45) is 4.08. The molecule has 206 valence electrons. The Morgan fingerprint density at radius 3 is 2.39 bits per heavy atom. The number of amides is 2. The van der Waals surface area contributed by atoms with E-state index < -0.39 is 35.0 Å². The molecule has 1 spiro atoms. The SMILES string of the molecule is C=CCOC(=O)[C@@H]1[C@H]2C(=O)N(CCO)C(C(=O)N(CC=C)c3ccc(N(CC)CC)cc3)C23CC[C@@]1(C)O3. The fourth-order valence-electron chi connectivity index (χ4n) is 6.67. The van der Waals surface area contributed by atoms with Crippen molar-refractivity contribution >= 4 is 29.2 Å². The van der Waals surface area contributed by atoms with Crippen LogP contribution < -0.4 is 9.80 Å². The van der Waals surface area contributed by atoms with Crippen LogP contribution in [-0.2, 0) is 23.9 Å². The normalized spacial score (nSPS) is 29.2. The van der Waals surface area contributed by atoms with E-state index in [9.17, 15) is 19.5 Å². The third-order valence-electron chi connectivity index (χ3n) is 8.32. The van der Waals surface area contributed by atoms with Crippen LogP contribution in [-0.4, -0.2) is 84.4 Å². The zero-order valence-electron chi connectivity index (χ0n) is 22.6. The van der Waals surface area contributed by atoms with Gasteiger partial charge in [-0.25, -0.2) is 0 Å². The predicted octanol–water partition coefficient (Wildman–Crippen LogP) is 2.54. The smallest absolute Gasteiger partial charge is 0.313 e. The molecule has 2 unspecified atom stereocenters. The number of benzene rings is 1. The van der Waals surface area contributed by atoms with E-state index in [4.69, 9.17) is 9.47 Å². The summed E-state index contributed by atoms with van der Waals surface area (Å²) in [5.41, 5.74) is -0.385. The van der Waals surface area contributed by atoms with Crippen molar-refractivity contribution in [2.75, 3.05) is 49.2 Å². The highest BCUT2D eigenvalue weighted by molar-refractivity contribution is 6.05. The van der Waals surface area contributed by atoms with Crippen molar-refractivity contribution in [1.82, 2.24) is 4.90 Å². The number of β-amino-alcohol motifs (C(OH)–C–C–N with tert-alkyl or cyclic N) is 1. The molecule has 38 heavy (non-hydrogen) atoms. The van der Waals surface area contributed by atoms with Crippen molar-refractivity contribution < 1.29 is 29.0 Å². The van der Waals surface area contributed by atoms with Crippen LogP contribution in [0.15, 0.2) is 49.6 Å². The minimum absolute atomic E-state index is 0.0264. The molecule has 4 rings (SSSR count). The Labute approximate surface area is 224 Å². The second kappa shape index (κ2) is 10.9. The molecule has 0 aromatic heterocycles. The summed E-state index contributed by atoms with van der Waals surface area (Å²) in [5, 5.41) is 9.82. The molecular formula is C29H39N3O6. The van der Waals surface area contributed by atoms with Gasteiger partial charge in [0, 0.05) is 37.6 Å². The molecule has 0 radical (unpaired) electrons. The van der Waals surface area contributed by atoms with Gasteiger partial charge >= 0.3 is 5.97 Å². The Morgan fingerprint density at radius 1 is 1.16 bits per heavy atom. The Bertz CT molecular complexity index is 1090. The lowest BCUT2D eigenvalue weighted by Gasteiger charge is -2.36. The fourth-order valence-corrected chi connectivity index (χ4v) is 6.67. The van der Waals surface area contributed by atoms with Gasteiger partial charge in [0.15, 0.2) is 0 Å². The number of aliphatic hydroxyl groups excluding tert-OH is 1. The average molecular weight is 526 g/mol. The molecule has 5 atom stereocenters.